The topological polar surface area (TPSA) is 78.9 Å². The second kappa shape index (κ2) is 7.28. The first kappa shape index (κ1) is 19.0. The van der Waals surface area contributed by atoms with E-state index in [1.165, 1.54) is 36.4 Å². The molecule has 2 unspecified atom stereocenters. The van der Waals surface area contributed by atoms with Crippen molar-refractivity contribution in [3.8, 4) is 17.2 Å². The fourth-order valence-electron chi connectivity index (χ4n) is 1.81. The summed E-state index contributed by atoms with van der Waals surface area (Å²) in [5.41, 5.74) is 0. The van der Waals surface area contributed by atoms with Gasteiger partial charge in [-0.15, -0.1) is 7.77 Å². The Hall–Kier alpha value is -2.33. The van der Waals surface area contributed by atoms with E-state index in [1.807, 2.05) is 0 Å². The average Bonchev–Trinajstić information content (AvgIpc) is 2.47. The summed E-state index contributed by atoms with van der Waals surface area (Å²) >= 11 is 0. The third kappa shape index (κ3) is 6.24. The summed E-state index contributed by atoms with van der Waals surface area (Å²) in [4.78, 5) is -0.473. The van der Waals surface area contributed by atoms with Crippen molar-refractivity contribution in [3.63, 3.8) is 0 Å². The summed E-state index contributed by atoms with van der Waals surface area (Å²) in [6, 6.07) is 10.3. The van der Waals surface area contributed by atoms with Crippen molar-refractivity contribution in [2.75, 3.05) is 0 Å². The highest BCUT2D eigenvalue weighted by molar-refractivity contribution is 7.91. The molecule has 2 rings (SSSR count). The number of hydrogen-bond acceptors (Lipinski definition) is 6. The molecule has 0 aliphatic rings. The van der Waals surface area contributed by atoms with Gasteiger partial charge in [-0.05, 0) is 48.5 Å². The second-order valence-electron chi connectivity index (χ2n) is 4.81. The summed E-state index contributed by atoms with van der Waals surface area (Å²) < 4.78 is 73.2. The summed E-state index contributed by atoms with van der Waals surface area (Å²) in [6.45, 7) is 1.58. The molecular formula is C15H14F2O6S2. The van der Waals surface area contributed by atoms with Crippen LogP contribution in [0.15, 0.2) is 53.4 Å². The summed E-state index contributed by atoms with van der Waals surface area (Å²) in [6.07, 6.45) is -0.766. The number of rotatable bonds is 7. The molecule has 2 aromatic rings. The Morgan fingerprint density at radius 3 is 1.64 bits per heavy atom. The SMILES string of the molecule is C=S(=O)(F)Oc1ccc(OC(C)Oc2ccc(S(=O)(=O)F)cc2)cc1. The standard InChI is InChI=1S/C15H14F2O6S2/c1-11(22-13-7-9-15(10-8-13)25(17,19)20)21-12-3-5-14(6-4-12)23-24(2,16)18/h3-11H,2H2,1H3. The van der Waals surface area contributed by atoms with Crippen molar-refractivity contribution >= 4 is 26.3 Å². The van der Waals surface area contributed by atoms with Crippen molar-refractivity contribution in [3.05, 3.63) is 48.5 Å². The number of benzene rings is 2. The number of ether oxygens (including phenoxy) is 2. The average molecular weight is 392 g/mol. The van der Waals surface area contributed by atoms with Crippen LogP contribution in [0.5, 0.6) is 17.2 Å². The smallest absolute Gasteiger partial charge is 0.332 e. The van der Waals surface area contributed by atoms with Crippen molar-refractivity contribution < 1.29 is 34.1 Å². The molecule has 0 bridgehead atoms. The van der Waals surface area contributed by atoms with Crippen molar-refractivity contribution in [1.82, 2.24) is 0 Å². The molecule has 6 nitrogen and oxygen atoms in total. The largest absolute Gasteiger partial charge is 0.455 e. The highest BCUT2D eigenvalue weighted by Gasteiger charge is 2.12. The molecule has 0 amide bonds. The first-order chi connectivity index (χ1) is 11.5. The number of halogens is 2. The zero-order chi connectivity index (χ0) is 18.7. The zero-order valence-corrected chi connectivity index (χ0v) is 14.6. The molecule has 136 valence electrons. The third-order valence-corrected chi connectivity index (χ3v) is 4.03. The van der Waals surface area contributed by atoms with E-state index in [2.05, 4.69) is 10.1 Å². The van der Waals surface area contributed by atoms with E-state index in [0.29, 0.717) is 5.75 Å². The lowest BCUT2D eigenvalue weighted by atomic mass is 10.3. The van der Waals surface area contributed by atoms with E-state index in [-0.39, 0.29) is 11.5 Å². The quantitative estimate of drug-likeness (QED) is 0.409. The summed E-state index contributed by atoms with van der Waals surface area (Å²) in [5.74, 6) is 3.38. The molecule has 0 saturated heterocycles. The minimum absolute atomic E-state index is 0.0199. The van der Waals surface area contributed by atoms with Crippen LogP contribution in [0.3, 0.4) is 0 Å². The van der Waals surface area contributed by atoms with Crippen LogP contribution in [-0.4, -0.2) is 24.8 Å². The van der Waals surface area contributed by atoms with Crippen LogP contribution >= 0.6 is 0 Å². The van der Waals surface area contributed by atoms with Crippen molar-refractivity contribution in [2.45, 2.75) is 18.1 Å². The molecule has 0 aliphatic carbocycles. The van der Waals surface area contributed by atoms with Gasteiger partial charge in [-0.1, -0.05) is 0 Å². The van der Waals surface area contributed by atoms with Crippen LogP contribution in [0.4, 0.5) is 7.77 Å². The monoisotopic (exact) mass is 392 g/mol. The number of hydrogen-bond donors (Lipinski definition) is 0. The molecule has 25 heavy (non-hydrogen) atoms. The van der Waals surface area contributed by atoms with Gasteiger partial charge in [-0.3, -0.25) is 0 Å². The molecule has 0 aliphatic heterocycles. The molecule has 0 N–H and O–H groups in total. The van der Waals surface area contributed by atoms with Crippen LogP contribution in [-0.2, 0) is 20.4 Å². The van der Waals surface area contributed by atoms with E-state index < -0.39 is 31.6 Å². The molecule has 0 fully saturated rings. The fourth-order valence-corrected chi connectivity index (χ4v) is 2.67. The molecule has 2 aromatic carbocycles. The normalized spacial score (nSPS) is 15.0. The van der Waals surface area contributed by atoms with Gasteiger partial charge in [0.1, 0.15) is 17.2 Å². The van der Waals surface area contributed by atoms with Crippen molar-refractivity contribution in [2.24, 2.45) is 0 Å². The summed E-state index contributed by atoms with van der Waals surface area (Å²) in [5, 5.41) is 0. The maximum Gasteiger partial charge on any atom is 0.332 e. The lowest BCUT2D eigenvalue weighted by molar-refractivity contribution is 0.0222. The van der Waals surface area contributed by atoms with Crippen molar-refractivity contribution in [1.29, 1.82) is 0 Å². The van der Waals surface area contributed by atoms with Crippen LogP contribution in [0.1, 0.15) is 6.92 Å². The molecule has 0 saturated carbocycles. The fraction of sp³-hybridized carbons (Fsp3) is 0.133. The van der Waals surface area contributed by atoms with Crippen LogP contribution in [0.2, 0.25) is 0 Å². The van der Waals surface area contributed by atoms with Gasteiger partial charge in [0.15, 0.2) is 0 Å². The molecule has 0 radical (unpaired) electrons. The lowest BCUT2D eigenvalue weighted by Crippen LogP contribution is -2.19. The van der Waals surface area contributed by atoms with E-state index >= 15 is 0 Å². The molecule has 2 atom stereocenters. The van der Waals surface area contributed by atoms with E-state index in [9.17, 15) is 20.4 Å². The van der Waals surface area contributed by atoms with Gasteiger partial charge in [0.25, 0.3) is 10.2 Å². The van der Waals surface area contributed by atoms with E-state index in [0.717, 1.165) is 12.1 Å². The first-order valence-corrected chi connectivity index (χ1v) is 9.71. The molecule has 10 heteroatoms. The van der Waals surface area contributed by atoms with Gasteiger partial charge in [0.2, 0.25) is 6.29 Å². The molecule has 0 heterocycles. The van der Waals surface area contributed by atoms with Gasteiger partial charge in [-0.2, -0.15) is 12.6 Å². The zero-order valence-electron chi connectivity index (χ0n) is 12.9. The van der Waals surface area contributed by atoms with Gasteiger partial charge < -0.3 is 13.7 Å². The highest BCUT2D eigenvalue weighted by Crippen LogP contribution is 2.22. The second-order valence-corrected chi connectivity index (χ2v) is 7.40. The maximum atomic E-state index is 12.8. The Balaban J connectivity index is 1.97. The van der Waals surface area contributed by atoms with Gasteiger partial charge in [-0.25, -0.2) is 0 Å². The van der Waals surface area contributed by atoms with E-state index in [4.69, 9.17) is 9.47 Å². The molecular weight excluding hydrogens is 378 g/mol. The third-order valence-electron chi connectivity index (χ3n) is 2.75. The van der Waals surface area contributed by atoms with Gasteiger partial charge in [0.05, 0.1) is 4.90 Å². The van der Waals surface area contributed by atoms with Gasteiger partial charge in [0, 0.05) is 12.8 Å². The van der Waals surface area contributed by atoms with Gasteiger partial charge >= 0.3 is 10.2 Å². The minimum atomic E-state index is -4.76. The van der Waals surface area contributed by atoms with E-state index in [1.54, 1.807) is 6.92 Å². The Kier molecular flexibility index (Phi) is 5.53. The molecule has 0 spiro atoms. The Bertz CT molecular complexity index is 923. The maximum absolute atomic E-state index is 12.8. The molecule has 0 aromatic heterocycles. The predicted molar refractivity (Wildman–Crippen MR) is 88.9 cm³/mol. The summed E-state index contributed by atoms with van der Waals surface area (Å²) in [7, 11) is -8.87. The Morgan fingerprint density at radius 2 is 1.24 bits per heavy atom. The van der Waals surface area contributed by atoms with Crippen LogP contribution < -0.4 is 13.7 Å². The highest BCUT2D eigenvalue weighted by atomic mass is 32.3. The Labute approximate surface area is 144 Å². The minimum Gasteiger partial charge on any atom is -0.455 e. The first-order valence-electron chi connectivity index (χ1n) is 6.77. The Morgan fingerprint density at radius 1 is 0.840 bits per heavy atom. The predicted octanol–water partition coefficient (Wildman–Crippen LogP) is 3.04. The van der Waals surface area contributed by atoms with Crippen LogP contribution in [0, 0.1) is 0 Å². The lowest BCUT2D eigenvalue weighted by Gasteiger charge is -2.17. The van der Waals surface area contributed by atoms with Crippen LogP contribution in [0.25, 0.3) is 0 Å².